The van der Waals surface area contributed by atoms with Crippen molar-refractivity contribution in [1.29, 1.82) is 0 Å². The number of hydrogen-bond acceptors (Lipinski definition) is 3. The van der Waals surface area contributed by atoms with Gasteiger partial charge >= 0.3 is 0 Å². The van der Waals surface area contributed by atoms with E-state index in [0.717, 1.165) is 31.1 Å². The van der Waals surface area contributed by atoms with Crippen LogP contribution in [0.3, 0.4) is 0 Å². The molecule has 1 aromatic carbocycles. The summed E-state index contributed by atoms with van der Waals surface area (Å²) in [5.74, 6) is -0.247. The summed E-state index contributed by atoms with van der Waals surface area (Å²) in [4.78, 5) is 26.6. The van der Waals surface area contributed by atoms with Crippen LogP contribution in [0.15, 0.2) is 24.3 Å². The lowest BCUT2D eigenvalue weighted by molar-refractivity contribution is -0.117. The first-order valence-corrected chi connectivity index (χ1v) is 8.93. The fourth-order valence-corrected chi connectivity index (χ4v) is 3.15. The second-order valence-corrected chi connectivity index (χ2v) is 7.96. The Hall–Kier alpha value is -1.68. The average molecular weight is 330 g/mol. The van der Waals surface area contributed by atoms with Crippen molar-refractivity contribution in [3.8, 4) is 0 Å². The number of carbonyl (C=O) groups is 2. The minimum atomic E-state index is -0.511. The molecule has 1 aliphatic heterocycles. The molecule has 1 fully saturated rings. The fraction of sp³-hybridized carbons (Fsp3) is 0.600. The lowest BCUT2D eigenvalue weighted by Gasteiger charge is -2.30. The number of amides is 1. The first-order valence-electron chi connectivity index (χ1n) is 8.93. The van der Waals surface area contributed by atoms with E-state index in [2.05, 4.69) is 37.9 Å². The SMILES string of the molecule is CC1CCCN(CCNC(=O)C(=O)c2ccc(C(C)(C)C)cc2)C1. The van der Waals surface area contributed by atoms with Crippen molar-refractivity contribution in [2.24, 2.45) is 5.92 Å². The van der Waals surface area contributed by atoms with Gasteiger partial charge in [0.1, 0.15) is 0 Å². The van der Waals surface area contributed by atoms with Crippen LogP contribution in [-0.2, 0) is 10.2 Å². The Morgan fingerprint density at radius 1 is 1.21 bits per heavy atom. The smallest absolute Gasteiger partial charge is 0.292 e. The lowest BCUT2D eigenvalue weighted by Crippen LogP contribution is -2.41. The van der Waals surface area contributed by atoms with Gasteiger partial charge in [-0.25, -0.2) is 0 Å². The molecule has 1 aromatic rings. The molecule has 1 atom stereocenters. The van der Waals surface area contributed by atoms with Crippen LogP contribution in [0.5, 0.6) is 0 Å². The zero-order chi connectivity index (χ0) is 17.7. The maximum absolute atomic E-state index is 12.2. The van der Waals surface area contributed by atoms with Crippen molar-refractivity contribution in [3.63, 3.8) is 0 Å². The quantitative estimate of drug-likeness (QED) is 0.667. The molecule has 132 valence electrons. The Balaban J connectivity index is 1.82. The molecule has 1 saturated heterocycles. The number of rotatable bonds is 5. The maximum atomic E-state index is 12.2. The van der Waals surface area contributed by atoms with E-state index < -0.39 is 11.7 Å². The van der Waals surface area contributed by atoms with Gasteiger partial charge in [-0.05, 0) is 36.3 Å². The van der Waals surface area contributed by atoms with Crippen LogP contribution < -0.4 is 5.32 Å². The average Bonchev–Trinajstić information content (AvgIpc) is 2.53. The summed E-state index contributed by atoms with van der Waals surface area (Å²) in [5.41, 5.74) is 1.64. The molecule has 4 heteroatoms. The maximum Gasteiger partial charge on any atom is 0.292 e. The Bertz CT molecular complexity index is 572. The molecule has 0 aromatic heterocycles. The van der Waals surface area contributed by atoms with Crippen molar-refractivity contribution in [2.75, 3.05) is 26.2 Å². The van der Waals surface area contributed by atoms with Crippen LogP contribution in [0, 0.1) is 5.92 Å². The van der Waals surface area contributed by atoms with Crippen LogP contribution in [0.25, 0.3) is 0 Å². The van der Waals surface area contributed by atoms with E-state index >= 15 is 0 Å². The summed E-state index contributed by atoms with van der Waals surface area (Å²) in [5, 5.41) is 2.76. The topological polar surface area (TPSA) is 49.4 Å². The number of likely N-dealkylation sites (tertiary alicyclic amines) is 1. The third-order valence-corrected chi connectivity index (χ3v) is 4.67. The summed E-state index contributed by atoms with van der Waals surface area (Å²) < 4.78 is 0. The van der Waals surface area contributed by atoms with Crippen molar-refractivity contribution < 1.29 is 9.59 Å². The number of hydrogen-bond donors (Lipinski definition) is 1. The molecule has 1 heterocycles. The molecule has 1 aliphatic rings. The van der Waals surface area contributed by atoms with Gasteiger partial charge in [-0.15, -0.1) is 0 Å². The lowest BCUT2D eigenvalue weighted by atomic mass is 9.86. The van der Waals surface area contributed by atoms with Gasteiger partial charge in [0.25, 0.3) is 5.91 Å². The summed E-state index contributed by atoms with van der Waals surface area (Å²) in [6, 6.07) is 7.34. The van der Waals surface area contributed by atoms with Crippen LogP contribution in [-0.4, -0.2) is 42.8 Å². The Morgan fingerprint density at radius 3 is 2.46 bits per heavy atom. The monoisotopic (exact) mass is 330 g/mol. The number of nitrogens with one attached hydrogen (secondary N) is 1. The summed E-state index contributed by atoms with van der Waals surface area (Å²) in [7, 11) is 0. The van der Waals surface area contributed by atoms with E-state index in [9.17, 15) is 9.59 Å². The van der Waals surface area contributed by atoms with Crippen LogP contribution in [0.2, 0.25) is 0 Å². The second kappa shape index (κ2) is 7.93. The molecule has 1 N–H and O–H groups in total. The third kappa shape index (κ3) is 5.17. The van der Waals surface area contributed by atoms with Crippen molar-refractivity contribution >= 4 is 11.7 Å². The standard InChI is InChI=1S/C20H30N2O2/c1-15-6-5-12-22(14-15)13-11-21-19(24)18(23)16-7-9-17(10-8-16)20(2,3)4/h7-10,15H,5-6,11-14H2,1-4H3,(H,21,24). The largest absolute Gasteiger partial charge is 0.348 e. The Kier molecular flexibility index (Phi) is 6.16. The number of benzene rings is 1. The second-order valence-electron chi connectivity index (χ2n) is 7.96. The highest BCUT2D eigenvalue weighted by atomic mass is 16.2. The highest BCUT2D eigenvalue weighted by Crippen LogP contribution is 2.22. The minimum Gasteiger partial charge on any atom is -0.348 e. The molecule has 0 aliphatic carbocycles. The van der Waals surface area contributed by atoms with Gasteiger partial charge in [0, 0.05) is 25.2 Å². The number of nitrogens with zero attached hydrogens (tertiary/aromatic N) is 1. The molecule has 1 amide bonds. The van der Waals surface area contributed by atoms with Crippen LogP contribution >= 0.6 is 0 Å². The predicted octanol–water partition coefficient (Wildman–Crippen LogP) is 3.01. The highest BCUT2D eigenvalue weighted by molar-refractivity contribution is 6.42. The Morgan fingerprint density at radius 2 is 1.88 bits per heavy atom. The first kappa shape index (κ1) is 18.7. The third-order valence-electron chi connectivity index (χ3n) is 4.67. The highest BCUT2D eigenvalue weighted by Gasteiger charge is 2.19. The number of piperidine rings is 1. The normalized spacial score (nSPS) is 19.1. The first-order chi connectivity index (χ1) is 11.3. The molecular formula is C20H30N2O2. The zero-order valence-electron chi connectivity index (χ0n) is 15.4. The van der Waals surface area contributed by atoms with E-state index in [4.69, 9.17) is 0 Å². The summed E-state index contributed by atoms with van der Waals surface area (Å²) >= 11 is 0. The van der Waals surface area contributed by atoms with E-state index in [-0.39, 0.29) is 5.41 Å². The summed E-state index contributed by atoms with van der Waals surface area (Å²) in [6.45, 7) is 12.1. The van der Waals surface area contributed by atoms with Crippen LogP contribution in [0.1, 0.15) is 56.5 Å². The van der Waals surface area contributed by atoms with Gasteiger partial charge < -0.3 is 10.2 Å². The summed E-state index contributed by atoms with van der Waals surface area (Å²) in [6.07, 6.45) is 2.50. The van der Waals surface area contributed by atoms with Gasteiger partial charge in [0.2, 0.25) is 5.78 Å². The van der Waals surface area contributed by atoms with E-state index in [1.165, 1.54) is 12.8 Å². The van der Waals surface area contributed by atoms with Crippen molar-refractivity contribution in [3.05, 3.63) is 35.4 Å². The molecule has 24 heavy (non-hydrogen) atoms. The Labute approximate surface area is 145 Å². The number of ketones is 1. The predicted molar refractivity (Wildman–Crippen MR) is 97.3 cm³/mol. The van der Waals surface area contributed by atoms with Crippen molar-refractivity contribution in [1.82, 2.24) is 10.2 Å². The van der Waals surface area contributed by atoms with E-state index in [0.29, 0.717) is 12.1 Å². The van der Waals surface area contributed by atoms with Gasteiger partial charge in [0.05, 0.1) is 0 Å². The zero-order valence-corrected chi connectivity index (χ0v) is 15.4. The fourth-order valence-electron chi connectivity index (χ4n) is 3.15. The van der Waals surface area contributed by atoms with Gasteiger partial charge in [-0.1, -0.05) is 52.0 Å². The molecule has 1 unspecified atom stereocenters. The van der Waals surface area contributed by atoms with E-state index in [1.54, 1.807) is 12.1 Å². The molecule has 0 saturated carbocycles. The number of Topliss-reactive ketones (excluding diaryl/α,β-unsaturated/α-hetero) is 1. The molecule has 0 radical (unpaired) electrons. The van der Waals surface area contributed by atoms with E-state index in [1.807, 2.05) is 12.1 Å². The molecule has 0 spiro atoms. The van der Waals surface area contributed by atoms with Gasteiger partial charge in [-0.3, -0.25) is 9.59 Å². The van der Waals surface area contributed by atoms with Gasteiger partial charge in [0.15, 0.2) is 0 Å². The van der Waals surface area contributed by atoms with Crippen molar-refractivity contribution in [2.45, 2.75) is 46.0 Å². The minimum absolute atomic E-state index is 0.0371. The molecular weight excluding hydrogens is 300 g/mol. The molecule has 2 rings (SSSR count). The molecule has 0 bridgehead atoms. The molecule has 4 nitrogen and oxygen atoms in total. The number of carbonyl (C=O) groups excluding carboxylic acids is 2. The van der Waals surface area contributed by atoms with Crippen LogP contribution in [0.4, 0.5) is 0 Å². The van der Waals surface area contributed by atoms with Gasteiger partial charge in [-0.2, -0.15) is 0 Å².